The Morgan fingerprint density at radius 1 is 0.933 bits per heavy atom. The first-order valence-electron chi connectivity index (χ1n) is 5.93. The summed E-state index contributed by atoms with van der Waals surface area (Å²) in [6, 6.07) is 0. The van der Waals surface area contributed by atoms with Crippen molar-refractivity contribution >= 4 is 11.7 Å². The first kappa shape index (κ1) is 9.37. The lowest BCUT2D eigenvalue weighted by Gasteiger charge is -2.55. The lowest BCUT2D eigenvalue weighted by atomic mass is 9.48. The summed E-state index contributed by atoms with van der Waals surface area (Å²) >= 11 is 0. The minimum atomic E-state index is -0.711. The molecule has 0 saturated heterocycles. The van der Waals surface area contributed by atoms with Gasteiger partial charge in [0.1, 0.15) is 0 Å². The highest BCUT2D eigenvalue weighted by molar-refractivity contribution is 6.37. The second-order valence-corrected chi connectivity index (χ2v) is 5.89. The molecule has 0 aromatic carbocycles. The van der Waals surface area contributed by atoms with Crippen LogP contribution >= 0.6 is 0 Å². The van der Waals surface area contributed by atoms with Crippen molar-refractivity contribution < 1.29 is 9.59 Å². The predicted molar refractivity (Wildman–Crippen MR) is 54.8 cm³/mol. The third kappa shape index (κ3) is 1.25. The Morgan fingerprint density at radius 2 is 1.33 bits per heavy atom. The van der Waals surface area contributed by atoms with Crippen LogP contribution in [-0.4, -0.2) is 11.7 Å². The van der Waals surface area contributed by atoms with Crippen molar-refractivity contribution in [2.24, 2.45) is 28.9 Å². The summed E-state index contributed by atoms with van der Waals surface area (Å²) in [6.07, 6.45) is 6.64. The molecule has 4 fully saturated rings. The van der Waals surface area contributed by atoms with Crippen molar-refractivity contribution in [3.8, 4) is 0 Å². The molecule has 4 saturated carbocycles. The molecular weight excluding hydrogens is 190 g/mol. The molecule has 1 amide bonds. The smallest absolute Gasteiger partial charge is 0.285 e. The van der Waals surface area contributed by atoms with Crippen molar-refractivity contribution in [2.75, 3.05) is 0 Å². The molecule has 4 bridgehead atoms. The van der Waals surface area contributed by atoms with Crippen LogP contribution in [0.3, 0.4) is 0 Å². The molecule has 0 aromatic heterocycles. The molecular formula is C12H17NO2. The maximum atomic E-state index is 11.9. The largest absolute Gasteiger partial charge is 0.363 e. The molecule has 4 aliphatic rings. The molecule has 3 nitrogen and oxygen atoms in total. The SMILES string of the molecule is NC(=O)C(=O)C12CC3CC(CC(C3)C1)C2. The van der Waals surface area contributed by atoms with Crippen LogP contribution in [-0.2, 0) is 9.59 Å². The van der Waals surface area contributed by atoms with Gasteiger partial charge in [0.25, 0.3) is 5.91 Å². The molecule has 0 atom stereocenters. The van der Waals surface area contributed by atoms with Crippen molar-refractivity contribution in [2.45, 2.75) is 38.5 Å². The van der Waals surface area contributed by atoms with Crippen LogP contribution in [0.25, 0.3) is 0 Å². The molecule has 2 N–H and O–H groups in total. The van der Waals surface area contributed by atoms with E-state index in [1.54, 1.807) is 0 Å². The zero-order valence-corrected chi connectivity index (χ0v) is 8.87. The van der Waals surface area contributed by atoms with Gasteiger partial charge in [-0.2, -0.15) is 0 Å². The Bertz CT molecular complexity index is 299. The van der Waals surface area contributed by atoms with E-state index in [9.17, 15) is 9.59 Å². The topological polar surface area (TPSA) is 60.2 Å². The molecule has 0 heterocycles. The van der Waals surface area contributed by atoms with Crippen LogP contribution < -0.4 is 5.73 Å². The maximum Gasteiger partial charge on any atom is 0.285 e. The third-order valence-corrected chi connectivity index (χ3v) is 4.74. The predicted octanol–water partition coefficient (Wildman–Crippen LogP) is 1.26. The van der Waals surface area contributed by atoms with E-state index in [2.05, 4.69) is 0 Å². The Hall–Kier alpha value is -0.860. The number of ketones is 1. The van der Waals surface area contributed by atoms with Gasteiger partial charge in [-0.1, -0.05) is 0 Å². The Balaban J connectivity index is 1.93. The van der Waals surface area contributed by atoms with Crippen molar-refractivity contribution in [1.82, 2.24) is 0 Å². The molecule has 0 spiro atoms. The number of primary amides is 1. The van der Waals surface area contributed by atoms with E-state index in [1.165, 1.54) is 19.3 Å². The number of nitrogens with two attached hydrogens (primary N) is 1. The number of hydrogen-bond acceptors (Lipinski definition) is 2. The molecule has 0 aliphatic heterocycles. The van der Waals surface area contributed by atoms with E-state index in [0.29, 0.717) is 17.8 Å². The lowest BCUT2D eigenvalue weighted by molar-refractivity contribution is -0.152. The van der Waals surface area contributed by atoms with Crippen LogP contribution in [0.1, 0.15) is 38.5 Å². The molecule has 0 aromatic rings. The highest BCUT2D eigenvalue weighted by Crippen LogP contribution is 2.60. The first-order valence-corrected chi connectivity index (χ1v) is 5.93. The number of Topliss-reactive ketones (excluding diaryl/α,β-unsaturated/α-hetero) is 1. The van der Waals surface area contributed by atoms with Gasteiger partial charge in [-0.15, -0.1) is 0 Å². The van der Waals surface area contributed by atoms with Gasteiger partial charge in [0.05, 0.1) is 0 Å². The van der Waals surface area contributed by atoms with E-state index in [4.69, 9.17) is 5.73 Å². The molecule has 0 unspecified atom stereocenters. The Morgan fingerprint density at radius 3 is 1.67 bits per heavy atom. The van der Waals surface area contributed by atoms with Gasteiger partial charge < -0.3 is 5.73 Å². The van der Waals surface area contributed by atoms with E-state index in [-0.39, 0.29) is 11.2 Å². The molecule has 15 heavy (non-hydrogen) atoms. The van der Waals surface area contributed by atoms with Gasteiger partial charge in [0.15, 0.2) is 0 Å². The van der Waals surface area contributed by atoms with Crippen LogP contribution in [0, 0.1) is 23.2 Å². The highest BCUT2D eigenvalue weighted by atomic mass is 16.2. The standard InChI is InChI=1S/C12H17NO2/c13-11(15)10(14)12-4-7-1-8(5-12)3-9(2-7)6-12/h7-9H,1-6H2,(H2,13,15). The average molecular weight is 207 g/mol. The molecule has 4 rings (SSSR count). The number of carbonyl (C=O) groups excluding carboxylic acids is 2. The molecule has 3 heteroatoms. The minimum Gasteiger partial charge on any atom is -0.363 e. The van der Waals surface area contributed by atoms with Gasteiger partial charge in [-0.3, -0.25) is 9.59 Å². The third-order valence-electron chi connectivity index (χ3n) is 4.74. The summed E-state index contributed by atoms with van der Waals surface area (Å²) < 4.78 is 0. The van der Waals surface area contributed by atoms with Crippen LogP contribution in [0.5, 0.6) is 0 Å². The normalized spacial score (nSPS) is 46.8. The highest BCUT2D eigenvalue weighted by Gasteiger charge is 2.55. The van der Waals surface area contributed by atoms with Crippen LogP contribution in [0.15, 0.2) is 0 Å². The average Bonchev–Trinajstić information content (AvgIpc) is 2.14. The number of rotatable bonds is 2. The number of carbonyl (C=O) groups is 2. The van der Waals surface area contributed by atoms with Crippen LogP contribution in [0.4, 0.5) is 0 Å². The quantitative estimate of drug-likeness (QED) is 0.693. The summed E-state index contributed by atoms with van der Waals surface area (Å²) in [6.45, 7) is 0. The first-order chi connectivity index (χ1) is 7.09. The number of hydrogen-bond donors (Lipinski definition) is 1. The van der Waals surface area contributed by atoms with E-state index >= 15 is 0 Å². The fourth-order valence-corrected chi connectivity index (χ4v) is 4.65. The lowest BCUT2D eigenvalue weighted by Crippen LogP contribution is -2.53. The second-order valence-electron chi connectivity index (χ2n) is 5.89. The zero-order valence-electron chi connectivity index (χ0n) is 8.87. The van der Waals surface area contributed by atoms with Crippen molar-refractivity contribution in [3.63, 3.8) is 0 Å². The van der Waals surface area contributed by atoms with Gasteiger partial charge in [0, 0.05) is 5.41 Å². The molecule has 0 radical (unpaired) electrons. The van der Waals surface area contributed by atoms with Gasteiger partial charge in [0.2, 0.25) is 5.78 Å². The minimum absolute atomic E-state index is 0.276. The summed E-state index contributed by atoms with van der Waals surface area (Å²) in [5.41, 5.74) is 4.84. The van der Waals surface area contributed by atoms with Crippen LogP contribution in [0.2, 0.25) is 0 Å². The summed E-state index contributed by atoms with van der Waals surface area (Å²) in [4.78, 5) is 23.0. The summed E-state index contributed by atoms with van der Waals surface area (Å²) in [7, 11) is 0. The van der Waals surface area contributed by atoms with Gasteiger partial charge in [-0.05, 0) is 56.3 Å². The van der Waals surface area contributed by atoms with E-state index < -0.39 is 5.91 Å². The fourth-order valence-electron chi connectivity index (χ4n) is 4.65. The van der Waals surface area contributed by atoms with Crippen molar-refractivity contribution in [1.29, 1.82) is 0 Å². The Kier molecular flexibility index (Phi) is 1.77. The van der Waals surface area contributed by atoms with Gasteiger partial charge >= 0.3 is 0 Å². The monoisotopic (exact) mass is 207 g/mol. The Labute approximate surface area is 89.4 Å². The summed E-state index contributed by atoms with van der Waals surface area (Å²) in [5, 5.41) is 0. The number of amides is 1. The van der Waals surface area contributed by atoms with E-state index in [1.807, 2.05) is 0 Å². The van der Waals surface area contributed by atoms with Gasteiger partial charge in [-0.25, -0.2) is 0 Å². The maximum absolute atomic E-state index is 11.9. The molecule has 82 valence electrons. The fraction of sp³-hybridized carbons (Fsp3) is 0.833. The molecule has 4 aliphatic carbocycles. The van der Waals surface area contributed by atoms with E-state index in [0.717, 1.165) is 19.3 Å². The second kappa shape index (κ2) is 2.83. The zero-order chi connectivity index (χ0) is 10.6. The summed E-state index contributed by atoms with van der Waals surface area (Å²) in [5.74, 6) is 1.09. The van der Waals surface area contributed by atoms with Crippen molar-refractivity contribution in [3.05, 3.63) is 0 Å².